The predicted molar refractivity (Wildman–Crippen MR) is 39.4 cm³/mol. The van der Waals surface area contributed by atoms with Crippen LogP contribution in [0.2, 0.25) is 0 Å². The molecule has 0 N–H and O–H groups in total. The zero-order chi connectivity index (χ0) is 10.7. The van der Waals surface area contributed by atoms with Crippen LogP contribution in [0.25, 0.3) is 0 Å². The van der Waals surface area contributed by atoms with Gasteiger partial charge in [-0.3, -0.25) is 0 Å². The van der Waals surface area contributed by atoms with Crippen LogP contribution in [-0.2, 0) is 10.7 Å². The van der Waals surface area contributed by atoms with Gasteiger partial charge in [-0.05, 0) is 0 Å². The molecule has 0 amide bonds. The Kier molecular flexibility index (Phi) is 4.10. The molecular weight excluding hydrogens is 250 g/mol. The Balaban J connectivity index is 0. The molecule has 14 heavy (non-hydrogen) atoms. The summed E-state index contributed by atoms with van der Waals surface area (Å²) in [5.41, 5.74) is 0. The number of nitrogens with zero attached hydrogens (tertiary/aromatic N) is 6. The first-order valence-corrected chi connectivity index (χ1v) is 6.02. The third kappa shape index (κ3) is 1.34. The van der Waals surface area contributed by atoms with E-state index < -0.39 is 10.7 Å². The molecular formula is C6KMnN6. The maximum atomic E-state index is 8.58. The van der Waals surface area contributed by atoms with Crippen molar-refractivity contribution < 1.29 is 10.7 Å². The fourth-order valence-corrected chi connectivity index (χ4v) is 1.17. The number of nitriles is 6. The molecule has 0 bridgehead atoms. The smallest absolute Gasteiger partial charge is 0 e. The zero-order valence-electron chi connectivity index (χ0n) is 7.06. The van der Waals surface area contributed by atoms with Crippen LogP contribution < -0.4 is 0 Å². The summed E-state index contributed by atoms with van der Waals surface area (Å²) < 4.78 is 0. The third-order valence-electron chi connectivity index (χ3n) is 1.27. The normalized spacial score (nSPS) is 12.4. The molecule has 0 aliphatic carbocycles. The average molecular weight is 250 g/mol. The van der Waals surface area contributed by atoms with E-state index in [0.29, 0.717) is 0 Å². The van der Waals surface area contributed by atoms with Crippen LogP contribution in [0, 0.1) is 61.4 Å². The minimum Gasteiger partial charge on any atom is 0 e. The Morgan fingerprint density at radius 3 is 0.643 bits per heavy atom. The molecule has 0 atom stereocenters. The van der Waals surface area contributed by atoms with Gasteiger partial charge in [0.05, 0.1) is 0 Å². The Morgan fingerprint density at radius 1 is 0.500 bits per heavy atom. The molecule has 6 nitrogen and oxygen atoms in total. The van der Waals surface area contributed by atoms with Gasteiger partial charge in [-0.2, -0.15) is 0 Å². The van der Waals surface area contributed by atoms with Gasteiger partial charge in [0.25, 0.3) is 0 Å². The molecule has 8 heteroatoms. The van der Waals surface area contributed by atoms with E-state index in [1.165, 1.54) is 0 Å². The molecule has 0 heterocycles. The number of hydrogen-bond acceptors (Lipinski definition) is 6. The summed E-state index contributed by atoms with van der Waals surface area (Å²) in [6.45, 7) is 0. The van der Waals surface area contributed by atoms with Crippen molar-refractivity contribution in [2.75, 3.05) is 0 Å². The minimum atomic E-state index is -6.30. The van der Waals surface area contributed by atoms with Crippen LogP contribution in [0.5, 0.6) is 0 Å². The molecule has 0 fully saturated rings. The van der Waals surface area contributed by atoms with Crippen molar-refractivity contribution in [2.45, 2.75) is 0 Å². The van der Waals surface area contributed by atoms with Crippen molar-refractivity contribution >= 4 is 51.4 Å². The van der Waals surface area contributed by atoms with Crippen LogP contribution in [0.4, 0.5) is 0 Å². The van der Waals surface area contributed by atoms with Crippen LogP contribution >= 0.6 is 0 Å². The molecule has 0 aromatic carbocycles. The van der Waals surface area contributed by atoms with E-state index in [0.717, 1.165) is 29.8 Å². The average Bonchev–Trinajstić information content (AvgIpc) is 2.26. The molecule has 0 saturated carbocycles. The summed E-state index contributed by atoms with van der Waals surface area (Å²) in [6, 6.07) is 0. The topological polar surface area (TPSA) is 143 Å². The van der Waals surface area contributed by atoms with E-state index >= 15 is 0 Å². The van der Waals surface area contributed by atoms with Crippen LogP contribution in [0.15, 0.2) is 0 Å². The number of hydrogen-bond donors (Lipinski definition) is 0. The summed E-state index contributed by atoms with van der Waals surface area (Å²) in [7, 11) is -6.30. The van der Waals surface area contributed by atoms with Gasteiger partial charge >= 0.3 is 72.1 Å². The summed E-state index contributed by atoms with van der Waals surface area (Å²) in [5, 5.41) is 51.5. The fourth-order valence-electron chi connectivity index (χ4n) is 0.283. The standard InChI is InChI=1S/6CN.K.Mn/c6*1-2;;. The Morgan fingerprint density at radius 2 is 0.643 bits per heavy atom. The molecule has 0 rings (SSSR count). The maximum Gasteiger partial charge on any atom is 0 e. The molecule has 0 saturated heterocycles. The van der Waals surface area contributed by atoms with Crippen molar-refractivity contribution in [3.63, 3.8) is 0 Å². The largest absolute Gasteiger partial charge is 0 e. The summed E-state index contributed by atoms with van der Waals surface area (Å²) in [5.74, 6) is 0. The van der Waals surface area contributed by atoms with Gasteiger partial charge in [0.2, 0.25) is 0 Å². The van der Waals surface area contributed by atoms with Crippen LogP contribution in [-0.4, -0.2) is 51.4 Å². The van der Waals surface area contributed by atoms with Gasteiger partial charge in [-0.1, -0.05) is 0 Å². The molecule has 0 aromatic rings. The molecule has 0 aliphatic heterocycles. The molecule has 0 spiro atoms. The van der Waals surface area contributed by atoms with E-state index in [2.05, 4.69) is 0 Å². The van der Waals surface area contributed by atoms with Crippen molar-refractivity contribution in [3.8, 4) is 29.8 Å². The first kappa shape index (κ1) is 15.6. The van der Waals surface area contributed by atoms with Gasteiger partial charge in [0, 0.05) is 51.4 Å². The van der Waals surface area contributed by atoms with Crippen molar-refractivity contribution in [1.29, 1.82) is 31.6 Å². The Bertz CT molecular complexity index is 392. The minimum absolute atomic E-state index is 0. The second-order valence-corrected chi connectivity index (χ2v) is 7.93. The van der Waals surface area contributed by atoms with E-state index in [-0.39, 0.29) is 51.4 Å². The van der Waals surface area contributed by atoms with Crippen molar-refractivity contribution in [1.82, 2.24) is 0 Å². The first-order valence-electron chi connectivity index (χ1n) is 2.48. The maximum absolute atomic E-state index is 8.58. The summed E-state index contributed by atoms with van der Waals surface area (Å²) in [6.07, 6.45) is 0. The summed E-state index contributed by atoms with van der Waals surface area (Å²) >= 11 is 0. The molecule has 0 aliphatic rings. The van der Waals surface area contributed by atoms with E-state index in [1.54, 1.807) is 0 Å². The Labute approximate surface area is 122 Å². The fraction of sp³-hybridized carbons (Fsp3) is 0. The molecule has 1 radical (unpaired) electrons. The SMILES string of the molecule is N#[C][Mn]([C]#N)([C]#N)([C]#N)([C]#N)[C]#N.[K]. The van der Waals surface area contributed by atoms with Gasteiger partial charge in [0.1, 0.15) is 0 Å². The van der Waals surface area contributed by atoms with Gasteiger partial charge in [-0.25, -0.2) is 0 Å². The first-order chi connectivity index (χ1) is 5.97. The van der Waals surface area contributed by atoms with Gasteiger partial charge < -0.3 is 0 Å². The van der Waals surface area contributed by atoms with Gasteiger partial charge in [0.15, 0.2) is 0 Å². The van der Waals surface area contributed by atoms with Crippen molar-refractivity contribution in [3.05, 3.63) is 0 Å². The monoisotopic (exact) mass is 250 g/mol. The summed E-state index contributed by atoms with van der Waals surface area (Å²) in [4.78, 5) is 6.25. The van der Waals surface area contributed by atoms with Gasteiger partial charge in [-0.15, -0.1) is 0 Å². The molecule has 0 aromatic heterocycles. The van der Waals surface area contributed by atoms with E-state index in [9.17, 15) is 0 Å². The van der Waals surface area contributed by atoms with E-state index in [1.807, 2.05) is 0 Å². The quantitative estimate of drug-likeness (QED) is 0.540. The van der Waals surface area contributed by atoms with E-state index in [4.69, 9.17) is 31.6 Å². The van der Waals surface area contributed by atoms with Crippen molar-refractivity contribution in [2.24, 2.45) is 0 Å². The molecule has 0 unspecified atom stereocenters. The molecule has 62 valence electrons. The zero-order valence-corrected chi connectivity index (χ0v) is 11.4. The van der Waals surface area contributed by atoms with Crippen LogP contribution in [0.1, 0.15) is 0 Å². The predicted octanol–water partition coefficient (Wildman–Crippen LogP) is -0.283. The second-order valence-electron chi connectivity index (χ2n) is 1.92. The Hall–Kier alpha value is -0.904. The number of rotatable bonds is 0. The second kappa shape index (κ2) is 3.69. The third-order valence-corrected chi connectivity index (χ3v) is 5.23. The van der Waals surface area contributed by atoms with Crippen LogP contribution in [0.3, 0.4) is 0 Å².